The smallest absolute Gasteiger partial charge is 0.224 e. The van der Waals surface area contributed by atoms with E-state index in [1.807, 2.05) is 37.3 Å². The lowest BCUT2D eigenvalue weighted by atomic mass is 10.1. The summed E-state index contributed by atoms with van der Waals surface area (Å²) in [5.74, 6) is 0.473. The average molecular weight is 286 g/mol. The molecule has 0 amide bonds. The topological polar surface area (TPSA) is 76.7 Å². The Morgan fingerprint density at radius 1 is 1.15 bits per heavy atom. The molecule has 6 heteroatoms. The zero-order valence-electron chi connectivity index (χ0n) is 10.8. The number of nitrogens with one attached hydrogen (secondary N) is 1. The summed E-state index contributed by atoms with van der Waals surface area (Å²) in [7, 11) is 0. The molecule has 0 radical (unpaired) electrons. The fourth-order valence-electron chi connectivity index (χ4n) is 1.94. The Morgan fingerprint density at radius 3 is 2.85 bits per heavy atom. The van der Waals surface area contributed by atoms with Gasteiger partial charge in [-0.1, -0.05) is 18.2 Å². The SMILES string of the molecule is Cc1ccc2cccc(Nc3nc(Cl)ncc3N)c2n1. The second-order valence-electron chi connectivity index (χ2n) is 4.40. The van der Waals surface area contributed by atoms with E-state index in [1.54, 1.807) is 0 Å². The van der Waals surface area contributed by atoms with Gasteiger partial charge in [0, 0.05) is 11.1 Å². The number of hydrogen-bond donors (Lipinski definition) is 2. The van der Waals surface area contributed by atoms with Crippen LogP contribution in [-0.2, 0) is 0 Å². The van der Waals surface area contributed by atoms with Crippen LogP contribution in [0.3, 0.4) is 0 Å². The summed E-state index contributed by atoms with van der Waals surface area (Å²) in [6.45, 7) is 1.95. The Labute approximate surface area is 120 Å². The van der Waals surface area contributed by atoms with Gasteiger partial charge in [-0.05, 0) is 30.7 Å². The van der Waals surface area contributed by atoms with Crippen molar-refractivity contribution in [1.29, 1.82) is 0 Å². The molecule has 0 aliphatic carbocycles. The van der Waals surface area contributed by atoms with Gasteiger partial charge in [0.25, 0.3) is 0 Å². The molecule has 20 heavy (non-hydrogen) atoms. The van der Waals surface area contributed by atoms with Gasteiger partial charge in [-0.3, -0.25) is 4.98 Å². The van der Waals surface area contributed by atoms with Crippen LogP contribution < -0.4 is 11.1 Å². The summed E-state index contributed by atoms with van der Waals surface area (Å²) in [6.07, 6.45) is 1.47. The first-order valence-corrected chi connectivity index (χ1v) is 6.43. The average Bonchev–Trinajstić information content (AvgIpc) is 2.43. The number of nitrogens with two attached hydrogens (primary N) is 1. The van der Waals surface area contributed by atoms with Crippen molar-refractivity contribution in [1.82, 2.24) is 15.0 Å². The summed E-state index contributed by atoms with van der Waals surface area (Å²) < 4.78 is 0. The van der Waals surface area contributed by atoms with E-state index < -0.39 is 0 Å². The van der Waals surface area contributed by atoms with Crippen molar-refractivity contribution in [2.75, 3.05) is 11.1 Å². The minimum Gasteiger partial charge on any atom is -0.394 e. The number of nitrogens with zero attached hydrogens (tertiary/aromatic N) is 3. The molecule has 2 heterocycles. The highest BCUT2D eigenvalue weighted by Crippen LogP contribution is 2.27. The number of para-hydroxylation sites is 1. The molecule has 0 fully saturated rings. The highest BCUT2D eigenvalue weighted by molar-refractivity contribution is 6.28. The number of pyridine rings is 1. The predicted molar refractivity (Wildman–Crippen MR) is 81.2 cm³/mol. The first kappa shape index (κ1) is 12.6. The molecule has 3 rings (SSSR count). The third-order valence-electron chi connectivity index (χ3n) is 2.90. The van der Waals surface area contributed by atoms with Crippen LogP contribution in [-0.4, -0.2) is 15.0 Å². The molecule has 0 bridgehead atoms. The molecule has 0 saturated heterocycles. The van der Waals surface area contributed by atoms with Crippen molar-refractivity contribution in [3.63, 3.8) is 0 Å². The number of aryl methyl sites for hydroxylation is 1. The number of fused-ring (bicyclic) bond motifs is 1. The van der Waals surface area contributed by atoms with Crippen molar-refractivity contribution in [2.45, 2.75) is 6.92 Å². The van der Waals surface area contributed by atoms with Crippen LogP contribution in [0, 0.1) is 6.92 Å². The molecule has 100 valence electrons. The normalized spacial score (nSPS) is 10.7. The van der Waals surface area contributed by atoms with Crippen LogP contribution in [0.4, 0.5) is 17.2 Å². The number of hydrogen-bond acceptors (Lipinski definition) is 5. The van der Waals surface area contributed by atoms with Crippen LogP contribution in [0.25, 0.3) is 10.9 Å². The van der Waals surface area contributed by atoms with E-state index in [0.29, 0.717) is 11.5 Å². The monoisotopic (exact) mass is 285 g/mol. The molecule has 5 nitrogen and oxygen atoms in total. The molecule has 3 aromatic rings. The van der Waals surface area contributed by atoms with Gasteiger partial charge in [0.05, 0.1) is 23.1 Å². The Hall–Kier alpha value is -2.40. The second-order valence-corrected chi connectivity index (χ2v) is 4.74. The van der Waals surface area contributed by atoms with E-state index in [0.717, 1.165) is 22.3 Å². The van der Waals surface area contributed by atoms with Gasteiger partial charge >= 0.3 is 0 Å². The molecule has 1 aromatic carbocycles. The van der Waals surface area contributed by atoms with Gasteiger partial charge in [0.1, 0.15) is 0 Å². The predicted octanol–water partition coefficient (Wildman–Crippen LogP) is 3.31. The first-order valence-electron chi connectivity index (χ1n) is 6.05. The summed E-state index contributed by atoms with van der Waals surface area (Å²) in [5, 5.41) is 4.35. The van der Waals surface area contributed by atoms with Gasteiger partial charge in [-0.15, -0.1) is 0 Å². The number of benzene rings is 1. The summed E-state index contributed by atoms with van der Waals surface area (Å²) in [6, 6.07) is 9.87. The van der Waals surface area contributed by atoms with E-state index in [4.69, 9.17) is 17.3 Å². The zero-order chi connectivity index (χ0) is 14.1. The van der Waals surface area contributed by atoms with Crippen molar-refractivity contribution < 1.29 is 0 Å². The molecular formula is C14H12ClN5. The number of aromatic nitrogens is 3. The Balaban J connectivity index is 2.10. The molecule has 0 aliphatic heterocycles. The van der Waals surface area contributed by atoms with Gasteiger partial charge < -0.3 is 11.1 Å². The fraction of sp³-hybridized carbons (Fsp3) is 0.0714. The first-order chi connectivity index (χ1) is 9.63. The van der Waals surface area contributed by atoms with Crippen molar-refractivity contribution in [2.24, 2.45) is 0 Å². The second kappa shape index (κ2) is 4.94. The highest BCUT2D eigenvalue weighted by atomic mass is 35.5. The van der Waals surface area contributed by atoms with E-state index in [1.165, 1.54) is 6.20 Å². The largest absolute Gasteiger partial charge is 0.394 e. The maximum atomic E-state index is 5.84. The van der Waals surface area contributed by atoms with Crippen LogP contribution in [0.2, 0.25) is 5.28 Å². The maximum Gasteiger partial charge on any atom is 0.224 e. The molecule has 0 unspecified atom stereocenters. The minimum absolute atomic E-state index is 0.145. The number of anilines is 3. The van der Waals surface area contributed by atoms with Crippen molar-refractivity contribution >= 4 is 39.7 Å². The lowest BCUT2D eigenvalue weighted by Gasteiger charge is -2.10. The Kier molecular flexibility index (Phi) is 3.12. The van der Waals surface area contributed by atoms with Crippen molar-refractivity contribution in [3.05, 3.63) is 47.5 Å². The third kappa shape index (κ3) is 2.35. The van der Waals surface area contributed by atoms with E-state index in [9.17, 15) is 0 Å². The molecule has 0 atom stereocenters. The molecule has 0 spiro atoms. The van der Waals surface area contributed by atoms with Crippen LogP contribution in [0.1, 0.15) is 5.69 Å². The van der Waals surface area contributed by atoms with Crippen molar-refractivity contribution in [3.8, 4) is 0 Å². The van der Waals surface area contributed by atoms with Gasteiger partial charge in [0.2, 0.25) is 5.28 Å². The molecule has 0 aliphatic rings. The standard InChI is InChI=1S/C14H12ClN5/c1-8-5-6-9-3-2-4-11(12(9)18-8)19-13-10(16)7-17-14(15)20-13/h2-7H,16H2,1H3,(H,17,19,20). The summed E-state index contributed by atoms with van der Waals surface area (Å²) in [4.78, 5) is 12.5. The zero-order valence-corrected chi connectivity index (χ0v) is 11.5. The third-order valence-corrected chi connectivity index (χ3v) is 3.08. The highest BCUT2D eigenvalue weighted by Gasteiger charge is 2.07. The van der Waals surface area contributed by atoms with E-state index in [2.05, 4.69) is 20.3 Å². The Bertz CT molecular complexity index is 788. The lowest BCUT2D eigenvalue weighted by Crippen LogP contribution is -2.01. The van der Waals surface area contributed by atoms with Crippen LogP contribution in [0.5, 0.6) is 0 Å². The number of nitrogen functional groups attached to an aromatic ring is 1. The lowest BCUT2D eigenvalue weighted by molar-refractivity contribution is 1.17. The molecule has 3 N–H and O–H groups in total. The minimum atomic E-state index is 0.145. The van der Waals surface area contributed by atoms with E-state index >= 15 is 0 Å². The Morgan fingerprint density at radius 2 is 2.00 bits per heavy atom. The van der Waals surface area contributed by atoms with Crippen LogP contribution in [0.15, 0.2) is 36.5 Å². The molecular weight excluding hydrogens is 274 g/mol. The van der Waals surface area contributed by atoms with Gasteiger partial charge in [-0.25, -0.2) is 4.98 Å². The molecule has 2 aromatic heterocycles. The van der Waals surface area contributed by atoms with Gasteiger partial charge in [0.15, 0.2) is 5.82 Å². The summed E-state index contributed by atoms with van der Waals surface area (Å²) in [5.41, 5.74) is 8.91. The maximum absolute atomic E-state index is 5.84. The quantitative estimate of drug-likeness (QED) is 0.706. The number of rotatable bonds is 2. The molecule has 0 saturated carbocycles. The van der Waals surface area contributed by atoms with Gasteiger partial charge in [-0.2, -0.15) is 4.98 Å². The fourth-order valence-corrected chi connectivity index (χ4v) is 2.08. The van der Waals surface area contributed by atoms with Crippen LogP contribution >= 0.6 is 11.6 Å². The van der Waals surface area contributed by atoms with E-state index in [-0.39, 0.29) is 5.28 Å². The summed E-state index contributed by atoms with van der Waals surface area (Å²) >= 11 is 5.79. The number of halogens is 1.